The summed E-state index contributed by atoms with van der Waals surface area (Å²) in [5, 5.41) is 3.06. The van der Waals surface area contributed by atoms with Crippen LogP contribution in [0.4, 0.5) is 0 Å². The van der Waals surface area contributed by atoms with Crippen molar-refractivity contribution in [1.29, 1.82) is 0 Å². The minimum absolute atomic E-state index is 0.589. The zero-order chi connectivity index (χ0) is 13.1. The lowest BCUT2D eigenvalue weighted by molar-refractivity contribution is 0.0481. The van der Waals surface area contributed by atoms with E-state index in [4.69, 9.17) is 18.6 Å². The maximum Gasteiger partial charge on any atom is 0.123 e. The van der Waals surface area contributed by atoms with E-state index in [-0.39, 0.29) is 0 Å². The third kappa shape index (κ3) is 6.16. The Hall–Kier alpha value is -0.880. The minimum atomic E-state index is 0.589. The first-order chi connectivity index (χ1) is 8.88. The summed E-state index contributed by atoms with van der Waals surface area (Å²) in [5.74, 6) is 0.939. The minimum Gasteiger partial charge on any atom is -0.468 e. The molecule has 0 aliphatic carbocycles. The summed E-state index contributed by atoms with van der Waals surface area (Å²) in [6, 6.07) is 1.95. The van der Waals surface area contributed by atoms with Gasteiger partial charge in [-0.05, 0) is 19.5 Å². The molecule has 1 N–H and O–H groups in total. The standard InChI is InChI=1S/C13H23NO4/c1-14-10-13-12(4-7-18-13)11-17-6-3-5-16-9-8-15-2/h4,7,14H,3,5-6,8-11H2,1-2H3. The monoisotopic (exact) mass is 257 g/mol. The van der Waals surface area contributed by atoms with Gasteiger partial charge in [-0.3, -0.25) is 0 Å². The van der Waals surface area contributed by atoms with E-state index < -0.39 is 0 Å². The fraction of sp³-hybridized carbons (Fsp3) is 0.692. The van der Waals surface area contributed by atoms with Crippen LogP contribution in [0.15, 0.2) is 16.7 Å². The molecule has 1 aromatic heterocycles. The van der Waals surface area contributed by atoms with Crippen molar-refractivity contribution in [2.75, 3.05) is 40.6 Å². The molecule has 0 amide bonds. The van der Waals surface area contributed by atoms with Crippen LogP contribution in [0.2, 0.25) is 0 Å². The van der Waals surface area contributed by atoms with Gasteiger partial charge in [-0.1, -0.05) is 0 Å². The Morgan fingerprint density at radius 1 is 1.17 bits per heavy atom. The quantitative estimate of drug-likeness (QED) is 0.610. The van der Waals surface area contributed by atoms with Crippen molar-refractivity contribution in [3.63, 3.8) is 0 Å². The van der Waals surface area contributed by atoms with E-state index in [1.165, 1.54) is 0 Å². The van der Waals surface area contributed by atoms with E-state index in [0.717, 1.165) is 24.3 Å². The second-order valence-corrected chi connectivity index (χ2v) is 3.91. The molecule has 0 fully saturated rings. The van der Waals surface area contributed by atoms with E-state index in [0.29, 0.717) is 33.0 Å². The molecule has 1 heterocycles. The molecule has 0 aromatic carbocycles. The van der Waals surface area contributed by atoms with Gasteiger partial charge in [0.2, 0.25) is 0 Å². The van der Waals surface area contributed by atoms with Gasteiger partial charge >= 0.3 is 0 Å². The van der Waals surface area contributed by atoms with Crippen molar-refractivity contribution in [2.24, 2.45) is 0 Å². The molecule has 0 spiro atoms. The molecule has 18 heavy (non-hydrogen) atoms. The predicted octanol–water partition coefficient (Wildman–Crippen LogP) is 1.57. The highest BCUT2D eigenvalue weighted by Crippen LogP contribution is 2.11. The maximum atomic E-state index is 5.57. The van der Waals surface area contributed by atoms with E-state index in [2.05, 4.69) is 5.32 Å². The van der Waals surface area contributed by atoms with Crippen LogP contribution in [0.25, 0.3) is 0 Å². The smallest absolute Gasteiger partial charge is 0.123 e. The summed E-state index contributed by atoms with van der Waals surface area (Å²) < 4.78 is 21.1. The molecule has 1 aromatic rings. The number of rotatable bonds is 11. The van der Waals surface area contributed by atoms with Crippen molar-refractivity contribution in [2.45, 2.75) is 19.6 Å². The molecule has 0 aliphatic heterocycles. The van der Waals surface area contributed by atoms with Gasteiger partial charge in [-0.25, -0.2) is 0 Å². The van der Waals surface area contributed by atoms with Crippen molar-refractivity contribution in [1.82, 2.24) is 5.32 Å². The molecule has 0 bridgehead atoms. The Morgan fingerprint density at radius 3 is 2.78 bits per heavy atom. The number of hydrogen-bond acceptors (Lipinski definition) is 5. The first-order valence-corrected chi connectivity index (χ1v) is 6.22. The Kier molecular flexibility index (Phi) is 8.50. The van der Waals surface area contributed by atoms with Crippen molar-refractivity contribution in [3.05, 3.63) is 23.7 Å². The van der Waals surface area contributed by atoms with Crippen LogP contribution in [0.5, 0.6) is 0 Å². The average Bonchev–Trinajstić information content (AvgIpc) is 2.81. The van der Waals surface area contributed by atoms with Crippen LogP contribution < -0.4 is 5.32 Å². The summed E-state index contributed by atoms with van der Waals surface area (Å²) >= 11 is 0. The second-order valence-electron chi connectivity index (χ2n) is 3.91. The van der Waals surface area contributed by atoms with Gasteiger partial charge in [0.05, 0.1) is 32.6 Å². The average molecular weight is 257 g/mol. The van der Waals surface area contributed by atoms with Crippen LogP contribution in [0.1, 0.15) is 17.7 Å². The molecule has 0 saturated heterocycles. The van der Waals surface area contributed by atoms with Crippen LogP contribution in [-0.2, 0) is 27.4 Å². The van der Waals surface area contributed by atoms with Gasteiger partial charge in [-0.15, -0.1) is 0 Å². The van der Waals surface area contributed by atoms with Crippen LogP contribution in [-0.4, -0.2) is 40.6 Å². The molecule has 5 heteroatoms. The third-order valence-electron chi connectivity index (χ3n) is 2.44. The van der Waals surface area contributed by atoms with E-state index in [9.17, 15) is 0 Å². The highest BCUT2D eigenvalue weighted by Gasteiger charge is 2.04. The lowest BCUT2D eigenvalue weighted by Gasteiger charge is -2.05. The summed E-state index contributed by atoms with van der Waals surface area (Å²) in [7, 11) is 3.56. The summed E-state index contributed by atoms with van der Waals surface area (Å²) in [6.45, 7) is 4.00. The molecule has 1 rings (SSSR count). The SMILES string of the molecule is CNCc1occc1COCCCOCCOC. The van der Waals surface area contributed by atoms with E-state index in [1.54, 1.807) is 13.4 Å². The van der Waals surface area contributed by atoms with Crippen molar-refractivity contribution < 1.29 is 18.6 Å². The summed E-state index contributed by atoms with van der Waals surface area (Å²) in [4.78, 5) is 0. The highest BCUT2D eigenvalue weighted by atomic mass is 16.5. The molecule has 0 aliphatic rings. The number of furan rings is 1. The van der Waals surface area contributed by atoms with E-state index in [1.807, 2.05) is 13.1 Å². The first-order valence-electron chi connectivity index (χ1n) is 6.22. The molecule has 0 radical (unpaired) electrons. The lowest BCUT2D eigenvalue weighted by atomic mass is 10.2. The van der Waals surface area contributed by atoms with Gasteiger partial charge in [-0.2, -0.15) is 0 Å². The Labute approximate surface area is 108 Å². The maximum absolute atomic E-state index is 5.57. The van der Waals surface area contributed by atoms with Crippen LogP contribution in [0.3, 0.4) is 0 Å². The fourth-order valence-electron chi connectivity index (χ4n) is 1.50. The number of hydrogen-bond donors (Lipinski definition) is 1. The second kappa shape index (κ2) is 10.1. The topological polar surface area (TPSA) is 52.9 Å². The molecule has 0 atom stereocenters. The van der Waals surface area contributed by atoms with Gasteiger partial charge in [0.15, 0.2) is 0 Å². The molecule has 5 nitrogen and oxygen atoms in total. The Balaban J connectivity index is 2.01. The van der Waals surface area contributed by atoms with Crippen LogP contribution in [0, 0.1) is 0 Å². The van der Waals surface area contributed by atoms with E-state index >= 15 is 0 Å². The zero-order valence-corrected chi connectivity index (χ0v) is 11.2. The zero-order valence-electron chi connectivity index (χ0n) is 11.2. The number of methoxy groups -OCH3 is 1. The first kappa shape index (κ1) is 15.2. The molecule has 0 saturated carbocycles. The predicted molar refractivity (Wildman–Crippen MR) is 68.4 cm³/mol. The third-order valence-corrected chi connectivity index (χ3v) is 2.44. The lowest BCUT2D eigenvalue weighted by Crippen LogP contribution is -2.08. The molecule has 104 valence electrons. The number of nitrogens with one attached hydrogen (secondary N) is 1. The van der Waals surface area contributed by atoms with Gasteiger partial charge < -0.3 is 23.9 Å². The highest BCUT2D eigenvalue weighted by molar-refractivity contribution is 5.15. The Bertz CT molecular complexity index is 301. The number of ether oxygens (including phenoxy) is 3. The molecular weight excluding hydrogens is 234 g/mol. The molecule has 0 unspecified atom stereocenters. The van der Waals surface area contributed by atoms with Gasteiger partial charge in [0.25, 0.3) is 0 Å². The van der Waals surface area contributed by atoms with Gasteiger partial charge in [0.1, 0.15) is 5.76 Å². The summed E-state index contributed by atoms with van der Waals surface area (Å²) in [6.07, 6.45) is 2.59. The van der Waals surface area contributed by atoms with Crippen LogP contribution >= 0.6 is 0 Å². The fourth-order valence-corrected chi connectivity index (χ4v) is 1.50. The van der Waals surface area contributed by atoms with Crippen molar-refractivity contribution in [3.8, 4) is 0 Å². The Morgan fingerprint density at radius 2 is 2.00 bits per heavy atom. The largest absolute Gasteiger partial charge is 0.468 e. The van der Waals surface area contributed by atoms with Gasteiger partial charge in [0, 0.05) is 25.9 Å². The van der Waals surface area contributed by atoms with Crippen molar-refractivity contribution >= 4 is 0 Å². The molecular formula is C13H23NO4. The normalized spacial score (nSPS) is 11.0. The summed E-state index contributed by atoms with van der Waals surface area (Å²) in [5.41, 5.74) is 1.10.